The SMILES string of the molecule is CC1=CC(C)(C)N(C)c2cc(Cl)c(C=Nc3ccc(Br)cc3C)cc21. The minimum Gasteiger partial charge on any atom is -0.365 e. The number of rotatable bonds is 2. The van der Waals surface area contributed by atoms with Crippen molar-refractivity contribution in [3.63, 3.8) is 0 Å². The second-order valence-corrected chi connectivity index (χ2v) is 8.44. The molecular weight excluding hydrogens is 396 g/mol. The van der Waals surface area contributed by atoms with Crippen LogP contribution in [0.25, 0.3) is 5.57 Å². The van der Waals surface area contributed by atoms with Crippen LogP contribution in [0.5, 0.6) is 0 Å². The van der Waals surface area contributed by atoms with E-state index >= 15 is 0 Å². The van der Waals surface area contributed by atoms with Gasteiger partial charge in [-0.3, -0.25) is 4.99 Å². The van der Waals surface area contributed by atoms with E-state index in [2.05, 4.69) is 78.8 Å². The van der Waals surface area contributed by atoms with Crippen LogP contribution in [0.2, 0.25) is 5.02 Å². The number of allylic oxidation sites excluding steroid dienone is 1. The molecule has 0 N–H and O–H groups in total. The summed E-state index contributed by atoms with van der Waals surface area (Å²) in [4.78, 5) is 6.90. The Morgan fingerprint density at radius 1 is 1.16 bits per heavy atom. The van der Waals surface area contributed by atoms with Crippen molar-refractivity contribution in [3.05, 3.63) is 62.6 Å². The third-order valence-electron chi connectivity index (χ3n) is 4.84. The van der Waals surface area contributed by atoms with Gasteiger partial charge in [-0.25, -0.2) is 0 Å². The first kappa shape index (κ1) is 18.2. The van der Waals surface area contributed by atoms with Crippen molar-refractivity contribution in [1.29, 1.82) is 0 Å². The lowest BCUT2D eigenvalue weighted by Gasteiger charge is -2.40. The lowest BCUT2D eigenvalue weighted by molar-refractivity contribution is 0.598. The molecule has 0 unspecified atom stereocenters. The van der Waals surface area contributed by atoms with E-state index in [4.69, 9.17) is 11.6 Å². The van der Waals surface area contributed by atoms with Crippen LogP contribution in [-0.2, 0) is 0 Å². The quantitative estimate of drug-likeness (QED) is 0.491. The highest BCUT2D eigenvalue weighted by molar-refractivity contribution is 9.10. The third kappa shape index (κ3) is 3.54. The van der Waals surface area contributed by atoms with Gasteiger partial charge in [0.05, 0.1) is 16.2 Å². The molecule has 0 radical (unpaired) electrons. The normalized spacial score (nSPS) is 16.1. The van der Waals surface area contributed by atoms with Crippen molar-refractivity contribution in [1.82, 2.24) is 0 Å². The van der Waals surface area contributed by atoms with Gasteiger partial charge in [-0.15, -0.1) is 0 Å². The summed E-state index contributed by atoms with van der Waals surface area (Å²) in [5, 5.41) is 0.717. The molecule has 0 fully saturated rings. The molecule has 1 aliphatic heterocycles. The van der Waals surface area contributed by atoms with Crippen molar-refractivity contribution >= 4 is 50.7 Å². The molecule has 2 aromatic carbocycles. The molecule has 1 heterocycles. The highest BCUT2D eigenvalue weighted by Gasteiger charge is 2.29. The molecule has 25 heavy (non-hydrogen) atoms. The first-order valence-electron chi connectivity index (χ1n) is 8.26. The second-order valence-electron chi connectivity index (χ2n) is 7.12. The summed E-state index contributed by atoms with van der Waals surface area (Å²) in [5.41, 5.74) is 6.62. The van der Waals surface area contributed by atoms with E-state index in [1.54, 1.807) is 0 Å². The van der Waals surface area contributed by atoms with Gasteiger partial charge in [0, 0.05) is 34.5 Å². The van der Waals surface area contributed by atoms with Crippen LogP contribution in [0.4, 0.5) is 11.4 Å². The van der Waals surface area contributed by atoms with E-state index < -0.39 is 0 Å². The fourth-order valence-electron chi connectivity index (χ4n) is 3.19. The summed E-state index contributed by atoms with van der Waals surface area (Å²) in [7, 11) is 2.11. The Kier molecular flexibility index (Phi) is 4.82. The van der Waals surface area contributed by atoms with Gasteiger partial charge in [-0.2, -0.15) is 0 Å². The average Bonchev–Trinajstić information content (AvgIpc) is 2.52. The molecule has 0 saturated carbocycles. The minimum atomic E-state index is -0.0233. The number of hydrogen-bond donors (Lipinski definition) is 0. The molecule has 2 nitrogen and oxygen atoms in total. The van der Waals surface area contributed by atoms with Gasteiger partial charge in [-0.1, -0.05) is 33.6 Å². The summed E-state index contributed by atoms with van der Waals surface area (Å²) in [6.07, 6.45) is 4.15. The maximum Gasteiger partial charge on any atom is 0.0659 e. The number of halogens is 2. The first-order chi connectivity index (χ1) is 11.7. The van der Waals surface area contributed by atoms with Crippen molar-refractivity contribution in [2.45, 2.75) is 33.2 Å². The number of aryl methyl sites for hydroxylation is 1. The fourth-order valence-corrected chi connectivity index (χ4v) is 3.87. The Morgan fingerprint density at radius 3 is 2.56 bits per heavy atom. The summed E-state index contributed by atoms with van der Waals surface area (Å²) >= 11 is 10.0. The van der Waals surface area contributed by atoms with Crippen LogP contribution in [0, 0.1) is 6.92 Å². The molecule has 0 saturated heterocycles. The molecule has 130 valence electrons. The van der Waals surface area contributed by atoms with E-state index in [9.17, 15) is 0 Å². The smallest absolute Gasteiger partial charge is 0.0659 e. The van der Waals surface area contributed by atoms with Gasteiger partial charge in [0.2, 0.25) is 0 Å². The lowest BCUT2D eigenvalue weighted by atomic mass is 9.88. The molecule has 3 rings (SSSR count). The van der Waals surface area contributed by atoms with Gasteiger partial charge in [-0.05, 0) is 69.2 Å². The number of benzene rings is 2. The highest BCUT2D eigenvalue weighted by Crippen LogP contribution is 2.40. The maximum atomic E-state index is 6.55. The van der Waals surface area contributed by atoms with Crippen LogP contribution in [0.3, 0.4) is 0 Å². The monoisotopic (exact) mass is 416 g/mol. The maximum absolute atomic E-state index is 6.55. The molecule has 0 atom stereocenters. The molecule has 0 amide bonds. The van der Waals surface area contributed by atoms with E-state index in [0.717, 1.165) is 32.0 Å². The fraction of sp³-hybridized carbons (Fsp3) is 0.286. The largest absolute Gasteiger partial charge is 0.365 e. The predicted molar refractivity (Wildman–Crippen MR) is 114 cm³/mol. The van der Waals surface area contributed by atoms with Crippen LogP contribution < -0.4 is 4.90 Å². The summed E-state index contributed by atoms with van der Waals surface area (Å²) in [6.45, 7) is 8.62. The Hall–Kier alpha value is -1.58. The van der Waals surface area contributed by atoms with Crippen LogP contribution in [-0.4, -0.2) is 18.8 Å². The number of anilines is 1. The van der Waals surface area contributed by atoms with Crippen LogP contribution >= 0.6 is 27.5 Å². The second kappa shape index (κ2) is 6.62. The first-order valence-corrected chi connectivity index (χ1v) is 9.43. The standard InChI is InChI=1S/C21H22BrClN2/c1-13-8-16(22)6-7-19(13)24-12-15-9-17-14(2)11-21(3,4)25(5)20(17)10-18(15)23/h6-12H,1-5H3. The van der Waals surface area contributed by atoms with Gasteiger partial charge in [0.1, 0.15) is 0 Å². The number of aliphatic imine (C=N–C) groups is 1. The lowest BCUT2D eigenvalue weighted by Crippen LogP contribution is -2.42. The molecule has 0 aromatic heterocycles. The van der Waals surface area contributed by atoms with Crippen LogP contribution in [0.1, 0.15) is 37.5 Å². The number of likely N-dealkylation sites (N-methyl/N-ethyl adjacent to an activating group) is 1. The van der Waals surface area contributed by atoms with E-state index in [-0.39, 0.29) is 5.54 Å². The summed E-state index contributed by atoms with van der Waals surface area (Å²) in [5.74, 6) is 0. The molecule has 0 spiro atoms. The number of nitrogens with zero attached hydrogens (tertiary/aromatic N) is 2. The Morgan fingerprint density at radius 2 is 1.88 bits per heavy atom. The van der Waals surface area contributed by atoms with Crippen molar-refractivity contribution in [2.24, 2.45) is 4.99 Å². The number of hydrogen-bond acceptors (Lipinski definition) is 2. The number of fused-ring (bicyclic) bond motifs is 1. The van der Waals surface area contributed by atoms with Gasteiger partial charge in [0.25, 0.3) is 0 Å². The Bertz CT molecular complexity index is 897. The van der Waals surface area contributed by atoms with E-state index in [1.807, 2.05) is 24.4 Å². The molecule has 0 bridgehead atoms. The zero-order valence-electron chi connectivity index (χ0n) is 15.2. The zero-order chi connectivity index (χ0) is 18.4. The Balaban J connectivity index is 2.02. The third-order valence-corrected chi connectivity index (χ3v) is 5.66. The van der Waals surface area contributed by atoms with Gasteiger partial charge < -0.3 is 4.90 Å². The van der Waals surface area contributed by atoms with Crippen molar-refractivity contribution in [2.75, 3.05) is 11.9 Å². The highest BCUT2D eigenvalue weighted by atomic mass is 79.9. The van der Waals surface area contributed by atoms with Crippen molar-refractivity contribution < 1.29 is 0 Å². The summed E-state index contributed by atoms with van der Waals surface area (Å²) < 4.78 is 1.06. The van der Waals surface area contributed by atoms with Gasteiger partial charge >= 0.3 is 0 Å². The molecule has 2 aromatic rings. The van der Waals surface area contributed by atoms with E-state index in [1.165, 1.54) is 11.1 Å². The summed E-state index contributed by atoms with van der Waals surface area (Å²) in [6, 6.07) is 10.2. The zero-order valence-corrected chi connectivity index (χ0v) is 17.5. The topological polar surface area (TPSA) is 15.6 Å². The molecule has 4 heteroatoms. The average molecular weight is 418 g/mol. The molecule has 0 aliphatic carbocycles. The van der Waals surface area contributed by atoms with Crippen LogP contribution in [0.15, 0.2) is 45.9 Å². The van der Waals surface area contributed by atoms with Gasteiger partial charge in [0.15, 0.2) is 0 Å². The van der Waals surface area contributed by atoms with Crippen molar-refractivity contribution in [3.8, 4) is 0 Å². The molecule has 1 aliphatic rings. The van der Waals surface area contributed by atoms with E-state index in [0.29, 0.717) is 0 Å². The predicted octanol–water partition coefficient (Wildman–Crippen LogP) is 6.79. The molecular formula is C21H22BrClN2. The minimum absolute atomic E-state index is 0.0233. The Labute approximate surface area is 163 Å².